The smallest absolute Gasteiger partial charge is 0.228 e. The third-order valence-corrected chi connectivity index (χ3v) is 5.52. The SMILES string of the molecule is Cc1c(CC(=O)N2CCC(Cc3cccnc3)CC2)nnn1-c1ccccc1. The van der Waals surface area contributed by atoms with Crippen LogP contribution in [0.15, 0.2) is 54.9 Å². The molecule has 1 saturated heterocycles. The standard InChI is InChI=1S/C22H25N5O/c1-17-21(24-25-27(17)20-7-3-2-4-8-20)15-22(28)26-12-9-18(10-13-26)14-19-6-5-11-23-16-19/h2-8,11,16,18H,9-10,12-15H2,1H3. The van der Waals surface area contributed by atoms with Crippen molar-refractivity contribution in [1.29, 1.82) is 0 Å². The van der Waals surface area contributed by atoms with Crippen molar-refractivity contribution in [3.63, 3.8) is 0 Å². The second-order valence-electron chi connectivity index (χ2n) is 7.44. The van der Waals surface area contributed by atoms with E-state index in [4.69, 9.17) is 0 Å². The van der Waals surface area contributed by atoms with Gasteiger partial charge in [0.1, 0.15) is 0 Å². The van der Waals surface area contributed by atoms with Crippen LogP contribution < -0.4 is 0 Å². The molecule has 144 valence electrons. The zero-order valence-electron chi connectivity index (χ0n) is 16.2. The van der Waals surface area contributed by atoms with Gasteiger partial charge in [0, 0.05) is 25.5 Å². The van der Waals surface area contributed by atoms with E-state index in [1.54, 1.807) is 10.9 Å². The van der Waals surface area contributed by atoms with E-state index in [9.17, 15) is 4.79 Å². The molecule has 0 bridgehead atoms. The number of carbonyl (C=O) groups excluding carboxylic acids is 1. The van der Waals surface area contributed by atoms with E-state index in [1.165, 1.54) is 5.56 Å². The monoisotopic (exact) mass is 375 g/mol. The number of nitrogens with zero attached hydrogens (tertiary/aromatic N) is 5. The maximum absolute atomic E-state index is 12.8. The van der Waals surface area contributed by atoms with Gasteiger partial charge >= 0.3 is 0 Å². The zero-order valence-corrected chi connectivity index (χ0v) is 16.2. The summed E-state index contributed by atoms with van der Waals surface area (Å²) in [6.07, 6.45) is 7.18. The van der Waals surface area contributed by atoms with Crippen molar-refractivity contribution in [2.45, 2.75) is 32.6 Å². The fraction of sp³-hybridized carbons (Fsp3) is 0.364. The van der Waals surface area contributed by atoms with Gasteiger partial charge in [-0.05, 0) is 55.9 Å². The molecule has 0 N–H and O–H groups in total. The summed E-state index contributed by atoms with van der Waals surface area (Å²) in [6.45, 7) is 3.60. The summed E-state index contributed by atoms with van der Waals surface area (Å²) >= 11 is 0. The van der Waals surface area contributed by atoms with Crippen molar-refractivity contribution in [3.05, 3.63) is 71.8 Å². The van der Waals surface area contributed by atoms with Gasteiger partial charge in [0.05, 0.1) is 23.5 Å². The van der Waals surface area contributed by atoms with Gasteiger partial charge < -0.3 is 4.90 Å². The summed E-state index contributed by atoms with van der Waals surface area (Å²) in [7, 11) is 0. The van der Waals surface area contributed by atoms with Crippen LogP contribution in [-0.4, -0.2) is 43.9 Å². The number of benzene rings is 1. The van der Waals surface area contributed by atoms with Gasteiger partial charge in [-0.1, -0.05) is 29.5 Å². The van der Waals surface area contributed by atoms with Gasteiger partial charge in [0.25, 0.3) is 0 Å². The average molecular weight is 375 g/mol. The Morgan fingerprint density at radius 1 is 1.11 bits per heavy atom. The number of para-hydroxylation sites is 1. The van der Waals surface area contributed by atoms with Crippen molar-refractivity contribution in [3.8, 4) is 5.69 Å². The first kappa shape index (κ1) is 18.3. The molecule has 0 spiro atoms. The van der Waals surface area contributed by atoms with Crippen LogP contribution in [0.2, 0.25) is 0 Å². The highest BCUT2D eigenvalue weighted by Crippen LogP contribution is 2.22. The lowest BCUT2D eigenvalue weighted by molar-refractivity contribution is -0.131. The van der Waals surface area contributed by atoms with Crippen molar-refractivity contribution in [2.24, 2.45) is 5.92 Å². The Morgan fingerprint density at radius 3 is 2.61 bits per heavy atom. The molecule has 0 radical (unpaired) electrons. The number of hydrogen-bond donors (Lipinski definition) is 0. The Balaban J connectivity index is 1.33. The second kappa shape index (κ2) is 8.33. The molecule has 3 heterocycles. The summed E-state index contributed by atoms with van der Waals surface area (Å²) < 4.78 is 1.79. The fourth-order valence-corrected chi connectivity index (χ4v) is 3.83. The molecule has 28 heavy (non-hydrogen) atoms. The van der Waals surface area contributed by atoms with Crippen LogP contribution in [-0.2, 0) is 17.6 Å². The largest absolute Gasteiger partial charge is 0.342 e. The molecule has 1 amide bonds. The topological polar surface area (TPSA) is 63.9 Å². The van der Waals surface area contributed by atoms with E-state index in [2.05, 4.69) is 21.4 Å². The summed E-state index contributed by atoms with van der Waals surface area (Å²) in [6, 6.07) is 14.0. The van der Waals surface area contributed by atoms with E-state index in [0.29, 0.717) is 12.3 Å². The average Bonchev–Trinajstić information content (AvgIpc) is 3.10. The molecule has 3 aromatic rings. The fourth-order valence-electron chi connectivity index (χ4n) is 3.83. The van der Waals surface area contributed by atoms with Gasteiger partial charge in [-0.3, -0.25) is 9.78 Å². The first-order valence-electron chi connectivity index (χ1n) is 9.84. The molecular formula is C22H25N5O. The van der Waals surface area contributed by atoms with Gasteiger partial charge in [-0.15, -0.1) is 5.10 Å². The number of pyridine rings is 1. The molecule has 0 atom stereocenters. The summed E-state index contributed by atoms with van der Waals surface area (Å²) in [5, 5.41) is 8.49. The van der Waals surface area contributed by atoms with E-state index >= 15 is 0 Å². The summed E-state index contributed by atoms with van der Waals surface area (Å²) in [4.78, 5) is 18.9. The van der Waals surface area contributed by atoms with Crippen LogP contribution in [0.3, 0.4) is 0 Å². The molecule has 6 heteroatoms. The van der Waals surface area contributed by atoms with Crippen LogP contribution >= 0.6 is 0 Å². The van der Waals surface area contributed by atoms with E-state index < -0.39 is 0 Å². The van der Waals surface area contributed by atoms with E-state index in [-0.39, 0.29) is 5.91 Å². The highest BCUT2D eigenvalue weighted by atomic mass is 16.2. The first-order chi connectivity index (χ1) is 13.7. The predicted molar refractivity (Wildman–Crippen MR) is 107 cm³/mol. The maximum Gasteiger partial charge on any atom is 0.228 e. The minimum Gasteiger partial charge on any atom is -0.342 e. The molecule has 0 saturated carbocycles. The Labute approximate surface area is 165 Å². The Hall–Kier alpha value is -3.02. The molecule has 1 fully saturated rings. The number of amides is 1. The van der Waals surface area contributed by atoms with Crippen LogP contribution in [0, 0.1) is 12.8 Å². The molecule has 1 aliphatic rings. The number of piperidine rings is 1. The number of carbonyl (C=O) groups is 1. The quantitative estimate of drug-likeness (QED) is 0.688. The lowest BCUT2D eigenvalue weighted by atomic mass is 9.90. The van der Waals surface area contributed by atoms with E-state index in [0.717, 1.165) is 49.4 Å². The molecule has 2 aromatic heterocycles. The Kier molecular flexibility index (Phi) is 5.46. The first-order valence-corrected chi connectivity index (χ1v) is 9.84. The molecule has 0 unspecified atom stereocenters. The van der Waals surface area contributed by atoms with Crippen LogP contribution in [0.5, 0.6) is 0 Å². The predicted octanol–water partition coefficient (Wildman–Crippen LogP) is 2.99. The zero-order chi connectivity index (χ0) is 19.3. The van der Waals surface area contributed by atoms with Gasteiger partial charge in [0.15, 0.2) is 0 Å². The maximum atomic E-state index is 12.8. The molecule has 0 aliphatic carbocycles. The minimum absolute atomic E-state index is 0.142. The summed E-state index contributed by atoms with van der Waals surface area (Å²) in [5.41, 5.74) is 3.92. The normalized spacial score (nSPS) is 15.0. The number of likely N-dealkylation sites (tertiary alicyclic amines) is 1. The Morgan fingerprint density at radius 2 is 1.89 bits per heavy atom. The van der Waals surface area contributed by atoms with E-state index in [1.807, 2.05) is 54.4 Å². The third-order valence-electron chi connectivity index (χ3n) is 5.52. The molecular weight excluding hydrogens is 350 g/mol. The van der Waals surface area contributed by atoms with Crippen LogP contribution in [0.25, 0.3) is 5.69 Å². The minimum atomic E-state index is 0.142. The molecule has 4 rings (SSSR count). The Bertz CT molecular complexity index is 915. The lowest BCUT2D eigenvalue weighted by Crippen LogP contribution is -2.39. The van der Waals surface area contributed by atoms with Crippen LogP contribution in [0.1, 0.15) is 29.8 Å². The van der Waals surface area contributed by atoms with Crippen LogP contribution in [0.4, 0.5) is 0 Å². The van der Waals surface area contributed by atoms with Crippen molar-refractivity contribution in [2.75, 3.05) is 13.1 Å². The highest BCUT2D eigenvalue weighted by Gasteiger charge is 2.24. The van der Waals surface area contributed by atoms with Gasteiger partial charge in [-0.2, -0.15) is 0 Å². The molecule has 1 aliphatic heterocycles. The number of aromatic nitrogens is 4. The number of rotatable bonds is 5. The molecule has 1 aromatic carbocycles. The van der Waals surface area contributed by atoms with Gasteiger partial charge in [0.2, 0.25) is 5.91 Å². The third kappa shape index (κ3) is 4.11. The highest BCUT2D eigenvalue weighted by molar-refractivity contribution is 5.78. The van der Waals surface area contributed by atoms with Crippen molar-refractivity contribution >= 4 is 5.91 Å². The number of hydrogen-bond acceptors (Lipinski definition) is 4. The summed E-state index contributed by atoms with van der Waals surface area (Å²) in [5.74, 6) is 0.761. The molecule has 6 nitrogen and oxygen atoms in total. The lowest BCUT2D eigenvalue weighted by Gasteiger charge is -2.32. The van der Waals surface area contributed by atoms with Crippen molar-refractivity contribution < 1.29 is 4.79 Å². The van der Waals surface area contributed by atoms with Gasteiger partial charge in [-0.25, -0.2) is 4.68 Å². The second-order valence-corrected chi connectivity index (χ2v) is 7.44. The van der Waals surface area contributed by atoms with Crippen molar-refractivity contribution in [1.82, 2.24) is 24.9 Å².